The molecule has 1 aromatic rings. The second-order valence-corrected chi connectivity index (χ2v) is 2.63. The van der Waals surface area contributed by atoms with E-state index >= 15 is 0 Å². The molecule has 0 radical (unpaired) electrons. The van der Waals surface area contributed by atoms with Crippen molar-refractivity contribution in [3.05, 3.63) is 29.3 Å². The Labute approximate surface area is 72.2 Å². The van der Waals surface area contributed by atoms with Gasteiger partial charge in [0.25, 0.3) is 0 Å². The van der Waals surface area contributed by atoms with Gasteiger partial charge in [0.1, 0.15) is 12.4 Å². The maximum absolute atomic E-state index is 12.3. The predicted molar refractivity (Wildman–Crippen MR) is 47.2 cm³/mol. The maximum Gasteiger partial charge on any atom is 0.124 e. The van der Waals surface area contributed by atoms with Crippen molar-refractivity contribution in [2.45, 2.75) is 20.0 Å². The Balaban J connectivity index is 3.02. The van der Waals surface area contributed by atoms with Crippen LogP contribution in [0.25, 0.3) is 0 Å². The van der Waals surface area contributed by atoms with E-state index in [1.807, 2.05) is 12.1 Å². The first-order valence-electron chi connectivity index (χ1n) is 4.03. The second-order valence-electron chi connectivity index (χ2n) is 2.63. The van der Waals surface area contributed by atoms with E-state index in [-0.39, 0.29) is 0 Å². The molecule has 0 amide bonds. The van der Waals surface area contributed by atoms with Gasteiger partial charge < -0.3 is 4.74 Å². The third-order valence-electron chi connectivity index (χ3n) is 1.90. The number of aryl methyl sites for hydroxylation is 1. The zero-order chi connectivity index (χ0) is 8.97. The van der Waals surface area contributed by atoms with E-state index in [1.165, 1.54) is 5.56 Å². The number of rotatable bonds is 3. The van der Waals surface area contributed by atoms with Crippen molar-refractivity contribution in [1.82, 2.24) is 0 Å². The fraction of sp³-hybridized carbons (Fsp3) is 0.400. The van der Waals surface area contributed by atoms with Crippen LogP contribution in [0.5, 0.6) is 5.75 Å². The van der Waals surface area contributed by atoms with Gasteiger partial charge in [0.05, 0.1) is 7.11 Å². The zero-order valence-corrected chi connectivity index (χ0v) is 7.43. The molecule has 0 fully saturated rings. The summed E-state index contributed by atoms with van der Waals surface area (Å²) in [5.41, 5.74) is 1.79. The minimum Gasteiger partial charge on any atom is -0.496 e. The van der Waals surface area contributed by atoms with Crippen molar-refractivity contribution in [1.29, 1.82) is 0 Å². The molecule has 12 heavy (non-hydrogen) atoms. The van der Waals surface area contributed by atoms with E-state index < -0.39 is 6.67 Å². The van der Waals surface area contributed by atoms with Crippen LogP contribution in [0.2, 0.25) is 0 Å². The average molecular weight is 168 g/mol. The van der Waals surface area contributed by atoms with Crippen LogP contribution in [0.4, 0.5) is 4.39 Å². The Kier molecular flexibility index (Phi) is 3.09. The lowest BCUT2D eigenvalue weighted by Crippen LogP contribution is -1.91. The summed E-state index contributed by atoms with van der Waals surface area (Å²) < 4.78 is 17.4. The van der Waals surface area contributed by atoms with Gasteiger partial charge in [-0.3, -0.25) is 0 Å². The molecule has 0 N–H and O–H groups in total. The third-order valence-corrected chi connectivity index (χ3v) is 1.90. The van der Waals surface area contributed by atoms with Crippen LogP contribution >= 0.6 is 0 Å². The molecule has 0 heterocycles. The van der Waals surface area contributed by atoms with E-state index in [0.29, 0.717) is 11.3 Å². The van der Waals surface area contributed by atoms with Crippen molar-refractivity contribution in [3.63, 3.8) is 0 Å². The standard InChI is InChI=1S/C10H13FO/c1-3-8-4-5-9(7-11)10(6-8)12-2/h4-6H,3,7H2,1-2H3. The molecule has 0 unspecified atom stereocenters. The van der Waals surface area contributed by atoms with Crippen molar-refractivity contribution in [2.24, 2.45) is 0 Å². The monoisotopic (exact) mass is 168 g/mol. The van der Waals surface area contributed by atoms with Gasteiger partial charge in [0.2, 0.25) is 0 Å². The van der Waals surface area contributed by atoms with Gasteiger partial charge in [-0.15, -0.1) is 0 Å². The van der Waals surface area contributed by atoms with E-state index in [1.54, 1.807) is 13.2 Å². The van der Waals surface area contributed by atoms with Gasteiger partial charge in [0.15, 0.2) is 0 Å². The lowest BCUT2D eigenvalue weighted by Gasteiger charge is -2.06. The lowest BCUT2D eigenvalue weighted by molar-refractivity contribution is 0.393. The molecule has 0 atom stereocenters. The highest BCUT2D eigenvalue weighted by Crippen LogP contribution is 2.21. The van der Waals surface area contributed by atoms with Crippen LogP contribution < -0.4 is 4.74 Å². The molecule has 0 aliphatic rings. The smallest absolute Gasteiger partial charge is 0.124 e. The molecule has 2 heteroatoms. The van der Waals surface area contributed by atoms with Crippen LogP contribution in [0, 0.1) is 0 Å². The van der Waals surface area contributed by atoms with Crippen LogP contribution in [-0.4, -0.2) is 7.11 Å². The van der Waals surface area contributed by atoms with Crippen LogP contribution in [0.15, 0.2) is 18.2 Å². The van der Waals surface area contributed by atoms with E-state index in [0.717, 1.165) is 6.42 Å². The quantitative estimate of drug-likeness (QED) is 0.674. The molecule has 0 bridgehead atoms. The molecular weight excluding hydrogens is 155 g/mol. The summed E-state index contributed by atoms with van der Waals surface area (Å²) in [7, 11) is 1.56. The number of alkyl halides is 1. The number of hydrogen-bond acceptors (Lipinski definition) is 1. The zero-order valence-electron chi connectivity index (χ0n) is 7.43. The second kappa shape index (κ2) is 4.10. The summed E-state index contributed by atoms with van der Waals surface area (Å²) in [6.45, 7) is 1.59. The Morgan fingerprint density at radius 2 is 2.17 bits per heavy atom. The lowest BCUT2D eigenvalue weighted by atomic mass is 10.1. The highest BCUT2D eigenvalue weighted by atomic mass is 19.1. The van der Waals surface area contributed by atoms with Gasteiger partial charge in [-0.2, -0.15) is 0 Å². The van der Waals surface area contributed by atoms with Gasteiger partial charge in [0, 0.05) is 5.56 Å². The predicted octanol–water partition coefficient (Wildman–Crippen LogP) is 2.73. The summed E-state index contributed by atoms with van der Waals surface area (Å²) in [6, 6.07) is 5.59. The Morgan fingerprint density at radius 1 is 1.42 bits per heavy atom. The first-order valence-corrected chi connectivity index (χ1v) is 4.03. The molecule has 0 saturated heterocycles. The normalized spacial score (nSPS) is 9.92. The number of ether oxygens (including phenoxy) is 1. The number of halogens is 1. The van der Waals surface area contributed by atoms with Gasteiger partial charge in [-0.05, 0) is 18.1 Å². The molecule has 0 aliphatic heterocycles. The third kappa shape index (κ3) is 1.76. The van der Waals surface area contributed by atoms with Crippen molar-refractivity contribution >= 4 is 0 Å². The van der Waals surface area contributed by atoms with Crippen molar-refractivity contribution < 1.29 is 9.13 Å². The van der Waals surface area contributed by atoms with Gasteiger partial charge >= 0.3 is 0 Å². The van der Waals surface area contributed by atoms with Crippen LogP contribution in [-0.2, 0) is 13.1 Å². The minimum absolute atomic E-state index is 0.465. The van der Waals surface area contributed by atoms with E-state index in [4.69, 9.17) is 4.74 Å². The van der Waals surface area contributed by atoms with Crippen LogP contribution in [0.1, 0.15) is 18.1 Å². The van der Waals surface area contributed by atoms with Gasteiger partial charge in [-0.1, -0.05) is 19.1 Å². The van der Waals surface area contributed by atoms with Gasteiger partial charge in [-0.25, -0.2) is 4.39 Å². The fourth-order valence-electron chi connectivity index (χ4n) is 1.12. The molecule has 0 aliphatic carbocycles. The molecule has 1 nitrogen and oxygen atoms in total. The van der Waals surface area contributed by atoms with E-state index in [9.17, 15) is 4.39 Å². The minimum atomic E-state index is -0.465. The largest absolute Gasteiger partial charge is 0.496 e. The molecule has 66 valence electrons. The molecular formula is C10H13FO. The summed E-state index contributed by atoms with van der Waals surface area (Å²) in [4.78, 5) is 0. The van der Waals surface area contributed by atoms with Crippen molar-refractivity contribution in [2.75, 3.05) is 7.11 Å². The van der Waals surface area contributed by atoms with Crippen LogP contribution in [0.3, 0.4) is 0 Å². The average Bonchev–Trinajstić information content (AvgIpc) is 2.16. The number of methoxy groups -OCH3 is 1. The molecule has 1 rings (SSSR count). The maximum atomic E-state index is 12.3. The summed E-state index contributed by atoms with van der Waals surface area (Å²) >= 11 is 0. The summed E-state index contributed by atoms with van der Waals surface area (Å²) in [5, 5.41) is 0. The first kappa shape index (κ1) is 9.04. The summed E-state index contributed by atoms with van der Waals surface area (Å²) in [5.74, 6) is 0.650. The summed E-state index contributed by atoms with van der Waals surface area (Å²) in [6.07, 6.45) is 0.947. The highest BCUT2D eigenvalue weighted by Gasteiger charge is 2.02. The molecule has 0 spiro atoms. The SMILES string of the molecule is CCc1ccc(CF)c(OC)c1. The molecule has 0 aromatic heterocycles. The Morgan fingerprint density at radius 3 is 2.67 bits per heavy atom. The fourth-order valence-corrected chi connectivity index (χ4v) is 1.12. The number of hydrogen-bond donors (Lipinski definition) is 0. The molecule has 1 aromatic carbocycles. The Hall–Kier alpha value is -1.05. The number of benzene rings is 1. The highest BCUT2D eigenvalue weighted by molar-refractivity contribution is 5.37. The van der Waals surface area contributed by atoms with E-state index in [2.05, 4.69) is 6.92 Å². The Bertz CT molecular complexity index is 258. The first-order chi connectivity index (χ1) is 5.81. The molecule has 0 saturated carbocycles. The topological polar surface area (TPSA) is 9.23 Å². The van der Waals surface area contributed by atoms with Crippen molar-refractivity contribution in [3.8, 4) is 5.75 Å².